The molecule has 3 N–H and O–H groups in total. The van der Waals surface area contributed by atoms with E-state index in [9.17, 15) is 14.4 Å². The minimum Gasteiger partial charge on any atom is -0.459 e. The van der Waals surface area contributed by atoms with Crippen molar-refractivity contribution in [3.8, 4) is 0 Å². The highest BCUT2D eigenvalue weighted by atomic mass is 35.5. The molecular weight excluding hydrogens is 420 g/mol. The Bertz CT molecular complexity index is 1100. The number of amides is 2. The van der Waals surface area contributed by atoms with Crippen LogP contribution in [-0.4, -0.2) is 23.9 Å². The summed E-state index contributed by atoms with van der Waals surface area (Å²) >= 11 is 8.55. The third kappa shape index (κ3) is 3.76. The fourth-order valence-electron chi connectivity index (χ4n) is 2.68. The molecule has 3 aromatic rings. The van der Waals surface area contributed by atoms with Crippen LogP contribution < -0.4 is 11.1 Å². The zero-order valence-corrected chi connectivity index (χ0v) is 17.7. The standard InChI is InChI=1S/C19H17ClN2O4S2/c1-8(2)26-19(25)12-9(3)14(16(21)23)28-18(12)22-17(24)15-13(20)10-6-4-5-7-11(10)27-15/h4-8H,1-3H3,(H2,21,23)(H,22,24). The minimum atomic E-state index is -0.679. The number of halogens is 1. The maximum atomic E-state index is 12.8. The molecule has 0 aliphatic heterocycles. The van der Waals surface area contributed by atoms with Crippen molar-refractivity contribution in [3.63, 3.8) is 0 Å². The molecule has 0 atom stereocenters. The number of hydrogen-bond donors (Lipinski definition) is 2. The van der Waals surface area contributed by atoms with Gasteiger partial charge in [-0.3, -0.25) is 9.59 Å². The zero-order chi connectivity index (χ0) is 20.6. The van der Waals surface area contributed by atoms with Crippen molar-refractivity contribution < 1.29 is 19.1 Å². The largest absolute Gasteiger partial charge is 0.459 e. The quantitative estimate of drug-likeness (QED) is 0.559. The van der Waals surface area contributed by atoms with Crippen molar-refractivity contribution in [3.05, 3.63) is 50.2 Å². The number of nitrogens with two attached hydrogens (primary N) is 1. The highest BCUT2D eigenvalue weighted by Gasteiger charge is 2.27. The van der Waals surface area contributed by atoms with Gasteiger partial charge in [0, 0.05) is 10.1 Å². The van der Waals surface area contributed by atoms with Gasteiger partial charge in [-0.2, -0.15) is 0 Å². The van der Waals surface area contributed by atoms with Crippen LogP contribution in [0.15, 0.2) is 24.3 Å². The average Bonchev–Trinajstić information content (AvgIpc) is 3.12. The number of ether oxygens (including phenoxy) is 1. The van der Waals surface area contributed by atoms with Gasteiger partial charge in [-0.05, 0) is 32.4 Å². The molecule has 0 aliphatic rings. The van der Waals surface area contributed by atoms with Gasteiger partial charge in [0.15, 0.2) is 0 Å². The molecule has 0 fully saturated rings. The van der Waals surface area contributed by atoms with Gasteiger partial charge >= 0.3 is 5.97 Å². The van der Waals surface area contributed by atoms with E-state index in [2.05, 4.69) is 5.32 Å². The predicted molar refractivity (Wildman–Crippen MR) is 113 cm³/mol. The van der Waals surface area contributed by atoms with Crippen molar-refractivity contribution in [1.29, 1.82) is 0 Å². The maximum absolute atomic E-state index is 12.8. The predicted octanol–water partition coefficient (Wildman–Crippen LogP) is 4.84. The Morgan fingerprint density at radius 2 is 1.82 bits per heavy atom. The van der Waals surface area contributed by atoms with E-state index < -0.39 is 17.8 Å². The fraction of sp³-hybridized carbons (Fsp3) is 0.211. The Morgan fingerprint density at radius 1 is 1.14 bits per heavy atom. The lowest BCUT2D eigenvalue weighted by atomic mass is 10.1. The first kappa shape index (κ1) is 20.3. The molecule has 0 saturated heterocycles. The highest BCUT2D eigenvalue weighted by molar-refractivity contribution is 7.22. The second-order valence-corrected chi connectivity index (χ2v) is 8.72. The number of anilines is 1. The second-order valence-electron chi connectivity index (χ2n) is 6.27. The molecule has 2 heterocycles. The van der Waals surface area contributed by atoms with E-state index in [-0.39, 0.29) is 21.5 Å². The van der Waals surface area contributed by atoms with Gasteiger partial charge in [0.05, 0.1) is 21.6 Å². The summed E-state index contributed by atoms with van der Waals surface area (Å²) in [6.07, 6.45) is -0.357. The maximum Gasteiger partial charge on any atom is 0.341 e. The van der Waals surface area contributed by atoms with Crippen LogP contribution in [0.2, 0.25) is 5.02 Å². The third-order valence-electron chi connectivity index (χ3n) is 3.89. The summed E-state index contributed by atoms with van der Waals surface area (Å²) in [6.45, 7) is 5.02. The molecule has 0 saturated carbocycles. The summed E-state index contributed by atoms with van der Waals surface area (Å²) < 4.78 is 6.12. The molecule has 3 rings (SSSR count). The van der Waals surface area contributed by atoms with E-state index in [1.54, 1.807) is 20.8 Å². The van der Waals surface area contributed by atoms with E-state index in [4.69, 9.17) is 22.1 Å². The zero-order valence-electron chi connectivity index (χ0n) is 15.3. The van der Waals surface area contributed by atoms with Crippen LogP contribution >= 0.6 is 34.3 Å². The summed E-state index contributed by atoms with van der Waals surface area (Å²) in [5, 5.41) is 4.02. The molecule has 0 bridgehead atoms. The number of thiophene rings is 2. The monoisotopic (exact) mass is 436 g/mol. The summed E-state index contributed by atoms with van der Waals surface area (Å²) in [7, 11) is 0. The number of fused-ring (bicyclic) bond motifs is 1. The molecule has 1 aromatic carbocycles. The van der Waals surface area contributed by atoms with Gasteiger partial charge in [-0.1, -0.05) is 29.8 Å². The van der Waals surface area contributed by atoms with Gasteiger partial charge in [-0.15, -0.1) is 22.7 Å². The molecule has 0 aliphatic carbocycles. The summed E-state index contributed by atoms with van der Waals surface area (Å²) in [4.78, 5) is 37.6. The fourth-order valence-corrected chi connectivity index (χ4v) is 5.13. The number of nitrogens with one attached hydrogen (secondary N) is 1. The first-order chi connectivity index (χ1) is 13.2. The average molecular weight is 437 g/mol. The number of primary amides is 1. The summed E-state index contributed by atoms with van der Waals surface area (Å²) in [5.41, 5.74) is 5.90. The molecule has 28 heavy (non-hydrogen) atoms. The number of hydrogen-bond acceptors (Lipinski definition) is 6. The van der Waals surface area contributed by atoms with Crippen molar-refractivity contribution in [2.45, 2.75) is 26.9 Å². The van der Waals surface area contributed by atoms with Gasteiger partial charge < -0.3 is 15.8 Å². The van der Waals surface area contributed by atoms with E-state index in [1.165, 1.54) is 11.3 Å². The lowest BCUT2D eigenvalue weighted by Crippen LogP contribution is -2.17. The minimum absolute atomic E-state index is 0.123. The Hall–Kier alpha value is -2.42. The van der Waals surface area contributed by atoms with Gasteiger partial charge in [0.2, 0.25) is 0 Å². The van der Waals surface area contributed by atoms with Crippen LogP contribution in [0.4, 0.5) is 5.00 Å². The van der Waals surface area contributed by atoms with Crippen molar-refractivity contribution in [1.82, 2.24) is 0 Å². The first-order valence-electron chi connectivity index (χ1n) is 8.33. The van der Waals surface area contributed by atoms with E-state index in [1.807, 2.05) is 24.3 Å². The van der Waals surface area contributed by atoms with Crippen molar-refractivity contribution in [2.75, 3.05) is 5.32 Å². The molecule has 6 nitrogen and oxygen atoms in total. The van der Waals surface area contributed by atoms with Gasteiger partial charge in [0.25, 0.3) is 11.8 Å². The molecule has 9 heteroatoms. The number of carbonyl (C=O) groups excluding carboxylic acids is 3. The van der Waals surface area contributed by atoms with E-state index >= 15 is 0 Å². The van der Waals surface area contributed by atoms with Crippen molar-refractivity contribution in [2.24, 2.45) is 5.73 Å². The number of carbonyl (C=O) groups is 3. The molecule has 146 valence electrons. The van der Waals surface area contributed by atoms with Crippen LogP contribution in [0.3, 0.4) is 0 Å². The lowest BCUT2D eigenvalue weighted by molar-refractivity contribution is 0.0379. The second kappa shape index (κ2) is 7.90. The number of benzene rings is 1. The van der Waals surface area contributed by atoms with Crippen LogP contribution in [0.25, 0.3) is 10.1 Å². The first-order valence-corrected chi connectivity index (χ1v) is 10.3. The molecular formula is C19H17ClN2O4S2. The highest BCUT2D eigenvalue weighted by Crippen LogP contribution is 2.38. The topological polar surface area (TPSA) is 98.5 Å². The van der Waals surface area contributed by atoms with Crippen LogP contribution in [-0.2, 0) is 4.74 Å². The van der Waals surface area contributed by atoms with Crippen LogP contribution in [0, 0.1) is 6.92 Å². The molecule has 0 radical (unpaired) electrons. The molecule has 2 aromatic heterocycles. The summed E-state index contributed by atoms with van der Waals surface area (Å²) in [5.74, 6) is -1.78. The Morgan fingerprint density at radius 3 is 2.43 bits per heavy atom. The SMILES string of the molecule is Cc1c(C(N)=O)sc(NC(=O)c2sc3ccccc3c2Cl)c1C(=O)OC(C)C. The lowest BCUT2D eigenvalue weighted by Gasteiger charge is -2.10. The molecule has 0 spiro atoms. The Kier molecular flexibility index (Phi) is 5.74. The molecule has 0 unspecified atom stereocenters. The van der Waals surface area contributed by atoms with E-state index in [0.717, 1.165) is 21.4 Å². The smallest absolute Gasteiger partial charge is 0.341 e. The van der Waals surface area contributed by atoms with Crippen molar-refractivity contribution >= 4 is 67.1 Å². The Balaban J connectivity index is 2.01. The van der Waals surface area contributed by atoms with Crippen LogP contribution in [0.5, 0.6) is 0 Å². The van der Waals surface area contributed by atoms with Gasteiger partial charge in [0.1, 0.15) is 9.88 Å². The number of esters is 1. The Labute approximate surface area is 174 Å². The van der Waals surface area contributed by atoms with E-state index in [0.29, 0.717) is 15.5 Å². The summed E-state index contributed by atoms with van der Waals surface area (Å²) in [6, 6.07) is 7.40. The number of rotatable bonds is 5. The van der Waals surface area contributed by atoms with Crippen LogP contribution in [0.1, 0.15) is 49.1 Å². The van der Waals surface area contributed by atoms with Gasteiger partial charge in [-0.25, -0.2) is 4.79 Å². The molecule has 2 amide bonds. The normalized spacial score (nSPS) is 11.0. The third-order valence-corrected chi connectivity index (χ3v) is 6.78.